The van der Waals surface area contributed by atoms with E-state index in [0.717, 1.165) is 24.0 Å². The van der Waals surface area contributed by atoms with Crippen molar-refractivity contribution in [2.75, 3.05) is 20.1 Å². The molecule has 2 N–H and O–H groups in total. The van der Waals surface area contributed by atoms with Gasteiger partial charge in [-0.15, -0.1) is 0 Å². The second-order valence-electron chi connectivity index (χ2n) is 5.77. The van der Waals surface area contributed by atoms with Gasteiger partial charge in [0.25, 0.3) is 0 Å². The van der Waals surface area contributed by atoms with Gasteiger partial charge in [0, 0.05) is 24.7 Å². The van der Waals surface area contributed by atoms with Crippen LogP contribution in [0.15, 0.2) is 36.4 Å². The number of hydrogen-bond acceptors (Lipinski definition) is 3. The molecule has 0 aromatic heterocycles. The normalized spacial score (nSPS) is 20.4. The summed E-state index contributed by atoms with van der Waals surface area (Å²) < 4.78 is 0. The molecule has 3 heteroatoms. The van der Waals surface area contributed by atoms with Gasteiger partial charge in [-0.1, -0.05) is 30.3 Å². The molecular formula is C17H22N2O. The molecule has 0 aliphatic carbocycles. The first-order chi connectivity index (χ1) is 9.74. The van der Waals surface area contributed by atoms with Crippen LogP contribution in [0.5, 0.6) is 5.75 Å². The first kappa shape index (κ1) is 13.4. The maximum absolute atomic E-state index is 10.1. The van der Waals surface area contributed by atoms with Crippen molar-refractivity contribution in [3.63, 3.8) is 0 Å². The van der Waals surface area contributed by atoms with Gasteiger partial charge >= 0.3 is 0 Å². The zero-order valence-corrected chi connectivity index (χ0v) is 12.0. The van der Waals surface area contributed by atoms with Crippen LogP contribution in [0.2, 0.25) is 0 Å². The van der Waals surface area contributed by atoms with Crippen LogP contribution in [0.4, 0.5) is 0 Å². The van der Waals surface area contributed by atoms with E-state index in [4.69, 9.17) is 0 Å². The zero-order chi connectivity index (χ0) is 13.9. The minimum absolute atomic E-state index is 0.389. The second-order valence-corrected chi connectivity index (χ2v) is 5.77. The second kappa shape index (κ2) is 5.81. The van der Waals surface area contributed by atoms with Crippen molar-refractivity contribution in [3.05, 3.63) is 42.0 Å². The molecule has 1 aliphatic heterocycles. The molecule has 3 rings (SSSR count). The highest BCUT2D eigenvalue weighted by molar-refractivity contribution is 5.87. The average Bonchev–Trinajstić information content (AvgIpc) is 2.46. The van der Waals surface area contributed by atoms with Crippen LogP contribution in [-0.4, -0.2) is 36.2 Å². The number of rotatable bonds is 3. The van der Waals surface area contributed by atoms with E-state index in [-0.39, 0.29) is 0 Å². The average molecular weight is 270 g/mol. The summed E-state index contributed by atoms with van der Waals surface area (Å²) in [5, 5.41) is 16.1. The number of fused-ring (bicyclic) bond motifs is 1. The zero-order valence-electron chi connectivity index (χ0n) is 12.0. The third-order valence-corrected chi connectivity index (χ3v) is 4.21. The predicted molar refractivity (Wildman–Crippen MR) is 83.0 cm³/mol. The van der Waals surface area contributed by atoms with Crippen molar-refractivity contribution in [2.45, 2.75) is 25.4 Å². The molecule has 20 heavy (non-hydrogen) atoms. The smallest absolute Gasteiger partial charge is 0.120 e. The van der Waals surface area contributed by atoms with Crippen molar-refractivity contribution in [2.24, 2.45) is 0 Å². The fraction of sp³-hybridized carbons (Fsp3) is 0.412. The Morgan fingerprint density at radius 1 is 1.25 bits per heavy atom. The van der Waals surface area contributed by atoms with E-state index in [1.54, 1.807) is 6.07 Å². The fourth-order valence-electron chi connectivity index (χ4n) is 3.09. The summed E-state index contributed by atoms with van der Waals surface area (Å²) in [7, 11) is 2.17. The molecule has 0 bridgehead atoms. The van der Waals surface area contributed by atoms with Crippen LogP contribution in [0.3, 0.4) is 0 Å². The Kier molecular flexibility index (Phi) is 3.90. The highest BCUT2D eigenvalue weighted by Crippen LogP contribution is 2.27. The van der Waals surface area contributed by atoms with E-state index in [0.29, 0.717) is 11.8 Å². The maximum atomic E-state index is 10.1. The lowest BCUT2D eigenvalue weighted by atomic mass is 10.0. The van der Waals surface area contributed by atoms with E-state index in [2.05, 4.69) is 29.4 Å². The van der Waals surface area contributed by atoms with Crippen molar-refractivity contribution < 1.29 is 5.11 Å². The summed E-state index contributed by atoms with van der Waals surface area (Å²) in [5.74, 6) is 0.389. The summed E-state index contributed by atoms with van der Waals surface area (Å²) in [6.45, 7) is 3.01. The molecular weight excluding hydrogens is 248 g/mol. The van der Waals surface area contributed by atoms with Crippen molar-refractivity contribution in [1.29, 1.82) is 0 Å². The van der Waals surface area contributed by atoms with Crippen LogP contribution >= 0.6 is 0 Å². The standard InChI is InChI=1S/C17H22N2O/c1-19-10-4-6-14(12-19)18-11-16-15-7-3-2-5-13(15)8-9-17(16)20/h2-3,5,7-9,14,18,20H,4,6,10-12H2,1H3. The first-order valence-corrected chi connectivity index (χ1v) is 7.35. The Morgan fingerprint density at radius 2 is 2.10 bits per heavy atom. The summed E-state index contributed by atoms with van der Waals surface area (Å²) in [4.78, 5) is 2.37. The van der Waals surface area contributed by atoms with E-state index in [1.165, 1.54) is 24.8 Å². The summed E-state index contributed by atoms with van der Waals surface area (Å²) in [5.41, 5.74) is 1.01. The van der Waals surface area contributed by atoms with E-state index in [1.807, 2.05) is 18.2 Å². The minimum atomic E-state index is 0.389. The monoisotopic (exact) mass is 270 g/mol. The van der Waals surface area contributed by atoms with Gasteiger partial charge in [0.15, 0.2) is 0 Å². The molecule has 1 atom stereocenters. The number of nitrogens with one attached hydrogen (secondary N) is 1. The highest BCUT2D eigenvalue weighted by Gasteiger charge is 2.17. The minimum Gasteiger partial charge on any atom is -0.508 e. The molecule has 0 saturated carbocycles. The van der Waals surface area contributed by atoms with Gasteiger partial charge in [0.1, 0.15) is 5.75 Å². The Morgan fingerprint density at radius 3 is 2.95 bits per heavy atom. The van der Waals surface area contributed by atoms with Crippen LogP contribution in [0.1, 0.15) is 18.4 Å². The highest BCUT2D eigenvalue weighted by atomic mass is 16.3. The number of aromatic hydroxyl groups is 1. The molecule has 0 amide bonds. The Hall–Kier alpha value is -1.58. The number of likely N-dealkylation sites (N-methyl/N-ethyl adjacent to an activating group) is 1. The molecule has 0 radical (unpaired) electrons. The summed E-state index contributed by atoms with van der Waals surface area (Å²) in [6, 6.07) is 12.5. The molecule has 1 heterocycles. The number of likely N-dealkylation sites (tertiary alicyclic amines) is 1. The molecule has 1 saturated heterocycles. The Labute approximate surface area is 120 Å². The number of benzene rings is 2. The molecule has 1 fully saturated rings. The largest absolute Gasteiger partial charge is 0.508 e. The van der Waals surface area contributed by atoms with Gasteiger partial charge in [-0.05, 0) is 43.3 Å². The molecule has 2 aromatic carbocycles. The molecule has 3 nitrogen and oxygen atoms in total. The topological polar surface area (TPSA) is 35.5 Å². The Balaban J connectivity index is 1.78. The number of phenolic OH excluding ortho intramolecular Hbond substituents is 1. The van der Waals surface area contributed by atoms with Crippen LogP contribution in [-0.2, 0) is 6.54 Å². The molecule has 2 aromatic rings. The molecule has 1 aliphatic rings. The van der Waals surface area contributed by atoms with Gasteiger partial charge in [-0.25, -0.2) is 0 Å². The van der Waals surface area contributed by atoms with Gasteiger partial charge in [-0.3, -0.25) is 0 Å². The van der Waals surface area contributed by atoms with Gasteiger partial charge in [0.05, 0.1) is 0 Å². The quantitative estimate of drug-likeness (QED) is 0.900. The van der Waals surface area contributed by atoms with Crippen molar-refractivity contribution in [3.8, 4) is 5.75 Å². The third-order valence-electron chi connectivity index (χ3n) is 4.21. The van der Waals surface area contributed by atoms with Crippen LogP contribution in [0, 0.1) is 0 Å². The maximum Gasteiger partial charge on any atom is 0.120 e. The van der Waals surface area contributed by atoms with E-state index < -0.39 is 0 Å². The molecule has 106 valence electrons. The number of phenols is 1. The lowest BCUT2D eigenvalue weighted by Crippen LogP contribution is -2.43. The third kappa shape index (κ3) is 2.79. The SMILES string of the molecule is CN1CCCC(NCc2c(O)ccc3ccccc23)C1. The van der Waals surface area contributed by atoms with E-state index >= 15 is 0 Å². The Bertz CT molecular complexity index is 597. The lowest BCUT2D eigenvalue weighted by Gasteiger charge is -2.30. The summed E-state index contributed by atoms with van der Waals surface area (Å²) >= 11 is 0. The first-order valence-electron chi connectivity index (χ1n) is 7.35. The predicted octanol–water partition coefficient (Wildman–Crippen LogP) is 2.73. The lowest BCUT2D eigenvalue weighted by molar-refractivity contribution is 0.226. The molecule has 0 spiro atoms. The van der Waals surface area contributed by atoms with Gasteiger partial charge in [0.2, 0.25) is 0 Å². The number of hydrogen-bond donors (Lipinski definition) is 2. The van der Waals surface area contributed by atoms with Gasteiger partial charge in [-0.2, -0.15) is 0 Å². The van der Waals surface area contributed by atoms with E-state index in [9.17, 15) is 5.11 Å². The van der Waals surface area contributed by atoms with Crippen LogP contribution in [0.25, 0.3) is 10.8 Å². The summed E-state index contributed by atoms with van der Waals surface area (Å²) in [6.07, 6.45) is 2.46. The fourth-order valence-corrected chi connectivity index (χ4v) is 3.09. The number of nitrogens with zero attached hydrogens (tertiary/aromatic N) is 1. The van der Waals surface area contributed by atoms with Crippen molar-refractivity contribution >= 4 is 10.8 Å². The number of piperidine rings is 1. The van der Waals surface area contributed by atoms with Gasteiger partial charge < -0.3 is 15.3 Å². The van der Waals surface area contributed by atoms with Crippen molar-refractivity contribution in [1.82, 2.24) is 10.2 Å². The molecule has 1 unspecified atom stereocenters. The van der Waals surface area contributed by atoms with Crippen LogP contribution < -0.4 is 5.32 Å².